The Labute approximate surface area is 233 Å². The van der Waals surface area contributed by atoms with E-state index in [0.717, 1.165) is 60.7 Å². The van der Waals surface area contributed by atoms with Gasteiger partial charge in [0, 0.05) is 63.1 Å². The number of carbonyl (C=O) groups is 1. The number of β-amino-alcohol motifs (C(OH)–C–C–N with tert-alkyl or cyclic N) is 1. The molecule has 3 aromatic rings. The molecule has 1 saturated heterocycles. The van der Waals surface area contributed by atoms with Crippen LogP contribution in [-0.2, 0) is 19.4 Å². The highest BCUT2D eigenvalue weighted by atomic mass is 35.5. The van der Waals surface area contributed by atoms with E-state index in [4.69, 9.17) is 21.1 Å². The van der Waals surface area contributed by atoms with Crippen molar-refractivity contribution in [3.05, 3.63) is 87.9 Å². The zero-order chi connectivity index (χ0) is 27.0. The van der Waals surface area contributed by atoms with Crippen molar-refractivity contribution >= 4 is 17.5 Å². The van der Waals surface area contributed by atoms with Gasteiger partial charge in [-0.3, -0.25) is 4.79 Å². The number of phenolic OH excluding ortho intramolecular Hbond substituents is 1. The maximum absolute atomic E-state index is 13.4. The quantitative estimate of drug-likeness (QED) is 0.473. The van der Waals surface area contributed by atoms with E-state index in [1.807, 2.05) is 30.3 Å². The Balaban J connectivity index is 1.03. The molecule has 6 rings (SSSR count). The molecule has 1 spiro atoms. The minimum atomic E-state index is -0.744. The Morgan fingerprint density at radius 2 is 1.82 bits per heavy atom. The number of aromatic hydroxyl groups is 1. The fourth-order valence-electron chi connectivity index (χ4n) is 6.01. The molecule has 0 aliphatic carbocycles. The van der Waals surface area contributed by atoms with Crippen LogP contribution in [0, 0.1) is 0 Å². The standard InChI is InChI=1S/C31H33ClN2O5/c32-24-5-8-28-23(15-24)17-31(39-28)10-13-33(14-11-31)19-26(36)20-38-29-16-25(35)6-7-27(29)30(37)34-12-9-21-3-1-2-4-22(21)18-34/h1-8,15-16,26,35-36H,9-14,17-20H2/t26-/m1/s1. The van der Waals surface area contributed by atoms with Gasteiger partial charge < -0.3 is 29.5 Å². The first kappa shape index (κ1) is 26.0. The summed E-state index contributed by atoms with van der Waals surface area (Å²) in [6, 6.07) is 18.5. The van der Waals surface area contributed by atoms with Gasteiger partial charge in [-0.05, 0) is 53.4 Å². The van der Waals surface area contributed by atoms with Gasteiger partial charge in [0.05, 0.1) is 5.56 Å². The number of hydrogen-bond donors (Lipinski definition) is 2. The molecule has 39 heavy (non-hydrogen) atoms. The van der Waals surface area contributed by atoms with E-state index < -0.39 is 6.10 Å². The zero-order valence-electron chi connectivity index (χ0n) is 21.8. The summed E-state index contributed by atoms with van der Waals surface area (Å²) < 4.78 is 12.3. The Kier molecular flexibility index (Phi) is 7.14. The van der Waals surface area contributed by atoms with Crippen molar-refractivity contribution in [3.63, 3.8) is 0 Å². The molecular weight excluding hydrogens is 516 g/mol. The van der Waals surface area contributed by atoms with Crippen LogP contribution in [0.25, 0.3) is 0 Å². The van der Waals surface area contributed by atoms with Crippen molar-refractivity contribution in [1.82, 2.24) is 9.80 Å². The first-order chi connectivity index (χ1) is 18.9. The van der Waals surface area contributed by atoms with Crippen LogP contribution < -0.4 is 9.47 Å². The fraction of sp³-hybridized carbons (Fsp3) is 0.387. The Morgan fingerprint density at radius 1 is 1.03 bits per heavy atom. The number of fused-ring (bicyclic) bond motifs is 2. The van der Waals surface area contributed by atoms with E-state index in [1.54, 1.807) is 11.0 Å². The van der Waals surface area contributed by atoms with Crippen LogP contribution in [0.1, 0.15) is 39.9 Å². The average molecular weight is 549 g/mol. The minimum Gasteiger partial charge on any atom is -0.508 e. The van der Waals surface area contributed by atoms with Crippen molar-refractivity contribution in [2.45, 2.75) is 43.9 Å². The summed E-state index contributed by atoms with van der Waals surface area (Å²) in [4.78, 5) is 17.4. The van der Waals surface area contributed by atoms with Gasteiger partial charge in [0.25, 0.3) is 5.91 Å². The van der Waals surface area contributed by atoms with Crippen LogP contribution in [-0.4, -0.2) is 70.4 Å². The van der Waals surface area contributed by atoms with Gasteiger partial charge in [-0.1, -0.05) is 35.9 Å². The van der Waals surface area contributed by atoms with E-state index in [2.05, 4.69) is 17.0 Å². The van der Waals surface area contributed by atoms with Crippen molar-refractivity contribution < 1.29 is 24.5 Å². The molecule has 3 aliphatic heterocycles. The lowest BCUT2D eigenvalue weighted by Gasteiger charge is -2.39. The summed E-state index contributed by atoms with van der Waals surface area (Å²) in [5, 5.41) is 21.6. The normalized spacial score (nSPS) is 18.8. The van der Waals surface area contributed by atoms with Gasteiger partial charge in [0.1, 0.15) is 35.6 Å². The Bertz CT molecular complexity index is 1370. The predicted octanol–water partition coefficient (Wildman–Crippen LogP) is 4.45. The second-order valence-electron chi connectivity index (χ2n) is 10.9. The lowest BCUT2D eigenvalue weighted by molar-refractivity contribution is -0.00203. The van der Waals surface area contributed by atoms with E-state index >= 15 is 0 Å². The number of rotatable bonds is 6. The first-order valence-corrected chi connectivity index (χ1v) is 13.9. The first-order valence-electron chi connectivity index (χ1n) is 13.6. The fourth-order valence-corrected chi connectivity index (χ4v) is 6.20. The number of benzene rings is 3. The van der Waals surface area contributed by atoms with Crippen LogP contribution in [0.3, 0.4) is 0 Å². The van der Waals surface area contributed by atoms with Gasteiger partial charge in [0.15, 0.2) is 0 Å². The highest BCUT2D eigenvalue weighted by Crippen LogP contribution is 2.42. The number of aliphatic hydroxyl groups excluding tert-OH is 1. The third-order valence-electron chi connectivity index (χ3n) is 8.14. The molecule has 3 aliphatic rings. The number of hydrogen-bond acceptors (Lipinski definition) is 6. The molecule has 3 aromatic carbocycles. The summed E-state index contributed by atoms with van der Waals surface area (Å²) in [5.74, 6) is 1.08. The molecule has 1 atom stereocenters. The van der Waals surface area contributed by atoms with Crippen molar-refractivity contribution in [1.29, 1.82) is 0 Å². The third kappa shape index (κ3) is 5.57. The van der Waals surface area contributed by atoms with E-state index in [9.17, 15) is 15.0 Å². The monoisotopic (exact) mass is 548 g/mol. The molecule has 1 amide bonds. The number of ether oxygens (including phenoxy) is 2. The summed E-state index contributed by atoms with van der Waals surface area (Å²) >= 11 is 6.16. The Hall–Kier alpha value is -3.26. The highest BCUT2D eigenvalue weighted by molar-refractivity contribution is 6.30. The number of likely N-dealkylation sites (tertiary alicyclic amines) is 1. The molecule has 2 N–H and O–H groups in total. The largest absolute Gasteiger partial charge is 0.508 e. The number of piperidine rings is 1. The van der Waals surface area contributed by atoms with Crippen LogP contribution in [0.4, 0.5) is 0 Å². The second kappa shape index (κ2) is 10.7. The second-order valence-corrected chi connectivity index (χ2v) is 11.3. The average Bonchev–Trinajstić information content (AvgIpc) is 3.29. The third-order valence-corrected chi connectivity index (χ3v) is 8.38. The van der Waals surface area contributed by atoms with Crippen molar-refractivity contribution in [2.75, 3.05) is 32.8 Å². The van der Waals surface area contributed by atoms with Gasteiger partial charge in [-0.15, -0.1) is 0 Å². The van der Waals surface area contributed by atoms with Crippen LogP contribution in [0.15, 0.2) is 60.7 Å². The summed E-state index contributed by atoms with van der Waals surface area (Å²) in [6.45, 7) is 3.26. The van der Waals surface area contributed by atoms with Crippen LogP contribution in [0.5, 0.6) is 17.2 Å². The molecular formula is C31H33ClN2O5. The van der Waals surface area contributed by atoms with E-state index in [0.29, 0.717) is 25.2 Å². The van der Waals surface area contributed by atoms with Gasteiger partial charge in [-0.25, -0.2) is 0 Å². The molecule has 0 bridgehead atoms. The molecule has 3 heterocycles. The minimum absolute atomic E-state index is 0.0141. The van der Waals surface area contributed by atoms with Gasteiger partial charge in [0.2, 0.25) is 0 Å². The molecule has 8 heteroatoms. The van der Waals surface area contributed by atoms with Crippen LogP contribution in [0.2, 0.25) is 5.02 Å². The SMILES string of the molecule is O=C(c1ccc(O)cc1OC[C@H](O)CN1CCC2(CC1)Cc1cc(Cl)ccc1O2)N1CCc2ccccc2C1. The summed E-state index contributed by atoms with van der Waals surface area (Å²) in [7, 11) is 0. The summed E-state index contributed by atoms with van der Waals surface area (Å²) in [6.07, 6.45) is 2.66. The molecule has 0 radical (unpaired) electrons. The van der Waals surface area contributed by atoms with Gasteiger partial charge >= 0.3 is 0 Å². The maximum atomic E-state index is 13.4. The van der Waals surface area contributed by atoms with Crippen molar-refractivity contribution in [3.8, 4) is 17.2 Å². The number of aliphatic hydroxyl groups is 1. The number of amides is 1. The van der Waals surface area contributed by atoms with Gasteiger partial charge in [-0.2, -0.15) is 0 Å². The number of nitrogens with zero attached hydrogens (tertiary/aromatic N) is 2. The lowest BCUT2D eigenvalue weighted by atomic mass is 9.87. The zero-order valence-corrected chi connectivity index (χ0v) is 22.6. The molecule has 0 saturated carbocycles. The molecule has 0 aromatic heterocycles. The number of phenols is 1. The molecule has 0 unspecified atom stereocenters. The number of halogens is 1. The topological polar surface area (TPSA) is 82.5 Å². The smallest absolute Gasteiger partial charge is 0.257 e. The van der Waals surface area contributed by atoms with E-state index in [1.165, 1.54) is 17.7 Å². The van der Waals surface area contributed by atoms with Crippen LogP contribution >= 0.6 is 11.6 Å². The summed E-state index contributed by atoms with van der Waals surface area (Å²) in [5.41, 5.74) is 3.76. The molecule has 1 fully saturated rings. The van der Waals surface area contributed by atoms with Crippen molar-refractivity contribution in [2.24, 2.45) is 0 Å². The number of carbonyl (C=O) groups excluding carboxylic acids is 1. The Morgan fingerprint density at radius 3 is 2.64 bits per heavy atom. The molecule has 7 nitrogen and oxygen atoms in total. The maximum Gasteiger partial charge on any atom is 0.257 e. The van der Waals surface area contributed by atoms with E-state index in [-0.39, 0.29) is 29.6 Å². The lowest BCUT2D eigenvalue weighted by Crippen LogP contribution is -2.49. The molecule has 204 valence electrons. The highest BCUT2D eigenvalue weighted by Gasteiger charge is 2.42. The predicted molar refractivity (Wildman–Crippen MR) is 149 cm³/mol.